The van der Waals surface area contributed by atoms with Crippen molar-refractivity contribution in [1.29, 1.82) is 0 Å². The molecule has 0 aliphatic heterocycles. The summed E-state index contributed by atoms with van der Waals surface area (Å²) in [6.45, 7) is 2.13. The summed E-state index contributed by atoms with van der Waals surface area (Å²) < 4.78 is 1.05. The first-order chi connectivity index (χ1) is 5.22. The van der Waals surface area contributed by atoms with Crippen molar-refractivity contribution in [2.24, 2.45) is 0 Å². The van der Waals surface area contributed by atoms with Gasteiger partial charge >= 0.3 is 0 Å². The average Bonchev–Trinajstić information content (AvgIpc) is 1.85. The monoisotopic (exact) mass is 231 g/mol. The molecule has 1 aromatic rings. The van der Waals surface area contributed by atoms with E-state index in [4.69, 9.17) is 5.73 Å². The molecule has 1 nitrogen and oxygen atoms in total. The van der Waals surface area contributed by atoms with Crippen molar-refractivity contribution in [2.75, 3.05) is 11.5 Å². The number of nitrogens with two attached hydrogens (primary N) is 1. The number of hydrogen-bond acceptors (Lipinski definition) is 2. The lowest BCUT2D eigenvalue weighted by atomic mass is 10.3. The van der Waals surface area contributed by atoms with E-state index in [2.05, 4.69) is 28.9 Å². The van der Waals surface area contributed by atoms with E-state index in [9.17, 15) is 0 Å². The fourth-order valence-corrected chi connectivity index (χ4v) is 2.26. The van der Waals surface area contributed by atoms with Gasteiger partial charge in [-0.15, -0.1) is 11.8 Å². The summed E-state index contributed by atoms with van der Waals surface area (Å²) in [6.07, 6.45) is 0. The van der Waals surface area contributed by atoms with Crippen LogP contribution in [0.3, 0.4) is 0 Å². The highest BCUT2D eigenvalue weighted by Crippen LogP contribution is 2.24. The Morgan fingerprint density at radius 3 is 2.73 bits per heavy atom. The maximum absolute atomic E-state index is 5.65. The summed E-state index contributed by atoms with van der Waals surface area (Å²) in [5.41, 5.74) is 6.46. The topological polar surface area (TPSA) is 26.0 Å². The molecule has 0 spiro atoms. The zero-order valence-electron chi connectivity index (χ0n) is 6.30. The van der Waals surface area contributed by atoms with E-state index in [-0.39, 0.29) is 0 Å². The highest BCUT2D eigenvalue weighted by Gasteiger charge is 1.95. The molecule has 0 saturated heterocycles. The number of anilines is 1. The molecule has 1 aromatic carbocycles. The Bertz CT molecular complexity index is 230. The first-order valence-corrected chi connectivity index (χ1v) is 5.19. The second kappa shape index (κ2) is 4.02. The van der Waals surface area contributed by atoms with Gasteiger partial charge in [0.15, 0.2) is 0 Å². The second-order valence-electron chi connectivity index (χ2n) is 2.15. The molecule has 0 saturated carbocycles. The van der Waals surface area contributed by atoms with E-state index in [1.54, 1.807) is 11.8 Å². The molecule has 3 heteroatoms. The number of nitrogen functional groups attached to an aromatic ring is 1. The molecule has 1 rings (SSSR count). The lowest BCUT2D eigenvalue weighted by molar-refractivity contribution is 1.41. The summed E-state index contributed by atoms with van der Waals surface area (Å²) >= 11 is 5.18. The average molecular weight is 232 g/mol. The van der Waals surface area contributed by atoms with Crippen molar-refractivity contribution < 1.29 is 0 Å². The summed E-state index contributed by atoms with van der Waals surface area (Å²) in [6, 6.07) is 5.96. The van der Waals surface area contributed by atoms with Gasteiger partial charge in [0.2, 0.25) is 0 Å². The Balaban J connectivity index is 2.89. The van der Waals surface area contributed by atoms with E-state index in [0.717, 1.165) is 15.9 Å². The number of halogens is 1. The number of hydrogen-bond donors (Lipinski definition) is 1. The fourth-order valence-electron chi connectivity index (χ4n) is 0.834. The Kier molecular flexibility index (Phi) is 3.27. The van der Waals surface area contributed by atoms with Gasteiger partial charge in [-0.2, -0.15) is 0 Å². The third kappa shape index (κ3) is 2.75. The third-order valence-corrected chi connectivity index (χ3v) is 2.52. The van der Waals surface area contributed by atoms with Crippen molar-refractivity contribution >= 4 is 33.4 Å². The molecule has 0 heterocycles. The normalized spacial score (nSPS) is 10.0. The molecule has 0 atom stereocenters. The van der Waals surface area contributed by atoms with E-state index in [1.807, 2.05) is 12.1 Å². The largest absolute Gasteiger partial charge is 0.399 e. The minimum atomic E-state index is 0.815. The smallest absolute Gasteiger partial charge is 0.0336 e. The van der Waals surface area contributed by atoms with Gasteiger partial charge < -0.3 is 5.73 Å². The lowest BCUT2D eigenvalue weighted by Gasteiger charge is -2.00. The molecular formula is C8H10BrNS. The first-order valence-electron chi connectivity index (χ1n) is 3.41. The highest BCUT2D eigenvalue weighted by molar-refractivity contribution is 9.10. The van der Waals surface area contributed by atoms with Crippen LogP contribution in [0.4, 0.5) is 5.69 Å². The summed E-state index contributed by atoms with van der Waals surface area (Å²) in [5, 5.41) is 0. The van der Waals surface area contributed by atoms with Crippen LogP contribution in [-0.4, -0.2) is 5.75 Å². The summed E-state index contributed by atoms with van der Waals surface area (Å²) in [4.78, 5) is 1.22. The lowest BCUT2D eigenvalue weighted by Crippen LogP contribution is -1.84. The molecule has 0 aliphatic carbocycles. The number of thioether (sulfide) groups is 1. The SMILES string of the molecule is CCSc1cc(N)cc(Br)c1. The van der Waals surface area contributed by atoms with E-state index >= 15 is 0 Å². The first kappa shape index (κ1) is 8.94. The Hall–Kier alpha value is -0.150. The van der Waals surface area contributed by atoms with Gasteiger partial charge in [-0.1, -0.05) is 22.9 Å². The standard InChI is InChI=1S/C8H10BrNS/c1-2-11-8-4-6(9)3-7(10)5-8/h3-5H,2,10H2,1H3. The molecule has 0 radical (unpaired) electrons. The van der Waals surface area contributed by atoms with Crippen LogP contribution in [0.25, 0.3) is 0 Å². The quantitative estimate of drug-likeness (QED) is 0.626. The van der Waals surface area contributed by atoms with Crippen LogP contribution in [0, 0.1) is 0 Å². The zero-order valence-corrected chi connectivity index (χ0v) is 8.71. The van der Waals surface area contributed by atoms with Gasteiger partial charge in [0, 0.05) is 15.1 Å². The molecular weight excluding hydrogens is 222 g/mol. The van der Waals surface area contributed by atoms with Gasteiger partial charge in [0.25, 0.3) is 0 Å². The maximum atomic E-state index is 5.65. The van der Waals surface area contributed by atoms with Gasteiger partial charge in [-0.05, 0) is 24.0 Å². The molecule has 0 amide bonds. The highest BCUT2D eigenvalue weighted by atomic mass is 79.9. The minimum Gasteiger partial charge on any atom is -0.399 e. The van der Waals surface area contributed by atoms with Crippen molar-refractivity contribution in [3.63, 3.8) is 0 Å². The molecule has 11 heavy (non-hydrogen) atoms. The van der Waals surface area contributed by atoms with Crippen LogP contribution in [0.5, 0.6) is 0 Å². The van der Waals surface area contributed by atoms with Crippen LogP contribution in [0.2, 0.25) is 0 Å². The van der Waals surface area contributed by atoms with E-state index in [0.29, 0.717) is 0 Å². The Morgan fingerprint density at radius 1 is 1.45 bits per heavy atom. The molecule has 0 unspecified atom stereocenters. The predicted molar refractivity (Wildman–Crippen MR) is 55.0 cm³/mol. The van der Waals surface area contributed by atoms with Gasteiger partial charge in [0.1, 0.15) is 0 Å². The van der Waals surface area contributed by atoms with E-state index < -0.39 is 0 Å². The molecule has 0 aliphatic rings. The van der Waals surface area contributed by atoms with Crippen LogP contribution in [0.15, 0.2) is 27.6 Å². The fraction of sp³-hybridized carbons (Fsp3) is 0.250. The number of rotatable bonds is 2. The molecule has 0 bridgehead atoms. The summed E-state index contributed by atoms with van der Waals surface area (Å²) in [5.74, 6) is 1.08. The third-order valence-electron chi connectivity index (χ3n) is 1.20. The van der Waals surface area contributed by atoms with Crippen LogP contribution in [0.1, 0.15) is 6.92 Å². The van der Waals surface area contributed by atoms with Crippen molar-refractivity contribution in [1.82, 2.24) is 0 Å². The Morgan fingerprint density at radius 2 is 2.18 bits per heavy atom. The van der Waals surface area contributed by atoms with Gasteiger partial charge in [-0.3, -0.25) is 0 Å². The molecule has 2 N–H and O–H groups in total. The minimum absolute atomic E-state index is 0.815. The number of benzene rings is 1. The van der Waals surface area contributed by atoms with Gasteiger partial charge in [-0.25, -0.2) is 0 Å². The predicted octanol–water partition coefficient (Wildman–Crippen LogP) is 3.14. The van der Waals surface area contributed by atoms with Crippen LogP contribution in [-0.2, 0) is 0 Å². The van der Waals surface area contributed by atoms with E-state index in [1.165, 1.54) is 4.90 Å². The Labute approximate surface area is 79.5 Å². The van der Waals surface area contributed by atoms with Crippen LogP contribution >= 0.6 is 27.7 Å². The zero-order chi connectivity index (χ0) is 8.27. The summed E-state index contributed by atoms with van der Waals surface area (Å²) in [7, 11) is 0. The second-order valence-corrected chi connectivity index (χ2v) is 4.41. The van der Waals surface area contributed by atoms with Crippen LogP contribution < -0.4 is 5.73 Å². The maximum Gasteiger partial charge on any atom is 0.0336 e. The van der Waals surface area contributed by atoms with Crippen molar-refractivity contribution in [3.05, 3.63) is 22.7 Å². The van der Waals surface area contributed by atoms with Crippen molar-refractivity contribution in [3.8, 4) is 0 Å². The molecule has 60 valence electrons. The molecule has 0 aromatic heterocycles. The van der Waals surface area contributed by atoms with Gasteiger partial charge in [0.05, 0.1) is 0 Å². The molecule has 0 fully saturated rings. The van der Waals surface area contributed by atoms with Crippen molar-refractivity contribution in [2.45, 2.75) is 11.8 Å².